The van der Waals surface area contributed by atoms with Crippen LogP contribution < -0.4 is 10.0 Å². The van der Waals surface area contributed by atoms with Gasteiger partial charge >= 0.3 is 0 Å². The Morgan fingerprint density at radius 3 is 2.30 bits per heavy atom. The highest BCUT2D eigenvalue weighted by molar-refractivity contribution is 7.92. The predicted molar refractivity (Wildman–Crippen MR) is 115 cm³/mol. The van der Waals surface area contributed by atoms with E-state index in [1.807, 2.05) is 39.0 Å². The lowest BCUT2D eigenvalue weighted by Crippen LogP contribution is -2.27. The lowest BCUT2D eigenvalue weighted by atomic mass is 10.0. The number of aryl methyl sites for hydroxylation is 2. The molecule has 7 heteroatoms. The summed E-state index contributed by atoms with van der Waals surface area (Å²) in [5.41, 5.74) is 3.73. The van der Waals surface area contributed by atoms with Crippen molar-refractivity contribution in [1.29, 1.82) is 0 Å². The number of amides is 1. The first-order valence-corrected chi connectivity index (χ1v) is 10.9. The maximum atomic E-state index is 13.0. The van der Waals surface area contributed by atoms with Gasteiger partial charge in [-0.1, -0.05) is 24.3 Å². The molecular weight excluding hydrogens is 403 g/mol. The van der Waals surface area contributed by atoms with Crippen molar-refractivity contribution in [3.63, 3.8) is 0 Å². The van der Waals surface area contributed by atoms with Crippen molar-refractivity contribution in [3.8, 4) is 0 Å². The van der Waals surface area contributed by atoms with Gasteiger partial charge in [0.15, 0.2) is 0 Å². The van der Waals surface area contributed by atoms with Crippen LogP contribution in [-0.2, 0) is 10.0 Å². The average molecular weight is 427 g/mol. The molecule has 0 aliphatic heterocycles. The Morgan fingerprint density at radius 2 is 1.63 bits per heavy atom. The topological polar surface area (TPSA) is 75.3 Å². The second-order valence-corrected chi connectivity index (χ2v) is 8.86. The van der Waals surface area contributed by atoms with E-state index in [0.717, 1.165) is 23.3 Å². The minimum atomic E-state index is -3.93. The number of hydrogen-bond acceptors (Lipinski definition) is 3. The van der Waals surface area contributed by atoms with Crippen molar-refractivity contribution in [2.24, 2.45) is 0 Å². The summed E-state index contributed by atoms with van der Waals surface area (Å²) in [5, 5.41) is 2.90. The number of halogens is 1. The van der Waals surface area contributed by atoms with E-state index >= 15 is 0 Å². The van der Waals surface area contributed by atoms with Crippen LogP contribution in [0.5, 0.6) is 0 Å². The monoisotopic (exact) mass is 426 g/mol. The number of nitrogens with one attached hydrogen (secondary N) is 2. The van der Waals surface area contributed by atoms with Crippen molar-refractivity contribution in [1.82, 2.24) is 5.32 Å². The number of sulfonamides is 1. The third-order valence-corrected chi connectivity index (χ3v) is 6.26. The molecule has 0 unspecified atom stereocenters. The molecule has 0 spiro atoms. The van der Waals surface area contributed by atoms with Crippen molar-refractivity contribution in [3.05, 3.63) is 94.8 Å². The molecule has 0 aromatic heterocycles. The molecule has 3 aromatic rings. The first-order chi connectivity index (χ1) is 14.2. The summed E-state index contributed by atoms with van der Waals surface area (Å²) in [5.74, 6) is -0.839. The second kappa shape index (κ2) is 8.67. The summed E-state index contributed by atoms with van der Waals surface area (Å²) >= 11 is 0. The SMILES string of the molecule is Cc1ccc([C@H](C)NC(=O)c2cccc(S(=O)(=O)Nc3ccc(F)cc3)c2)cc1C. The lowest BCUT2D eigenvalue weighted by Gasteiger charge is -2.16. The molecule has 5 nitrogen and oxygen atoms in total. The van der Waals surface area contributed by atoms with Crippen LogP contribution in [0, 0.1) is 19.7 Å². The first kappa shape index (κ1) is 21.5. The Balaban J connectivity index is 1.77. The van der Waals surface area contributed by atoms with E-state index < -0.39 is 15.8 Å². The normalized spacial score (nSPS) is 12.3. The average Bonchev–Trinajstić information content (AvgIpc) is 2.71. The highest BCUT2D eigenvalue weighted by atomic mass is 32.2. The highest BCUT2D eigenvalue weighted by Crippen LogP contribution is 2.20. The molecule has 2 N–H and O–H groups in total. The molecule has 0 aliphatic rings. The quantitative estimate of drug-likeness (QED) is 0.598. The maximum absolute atomic E-state index is 13.0. The van der Waals surface area contributed by atoms with Crippen LogP contribution in [0.4, 0.5) is 10.1 Å². The maximum Gasteiger partial charge on any atom is 0.261 e. The zero-order chi connectivity index (χ0) is 21.9. The number of carbonyl (C=O) groups excluding carboxylic acids is 1. The molecule has 1 amide bonds. The third-order valence-electron chi connectivity index (χ3n) is 4.88. The Hall–Kier alpha value is -3.19. The van der Waals surface area contributed by atoms with Gasteiger partial charge in [-0.05, 0) is 79.9 Å². The van der Waals surface area contributed by atoms with Crippen LogP contribution in [0.25, 0.3) is 0 Å². The number of hydrogen-bond donors (Lipinski definition) is 2. The van der Waals surface area contributed by atoms with Gasteiger partial charge in [0.25, 0.3) is 15.9 Å². The van der Waals surface area contributed by atoms with Crippen LogP contribution in [0.3, 0.4) is 0 Å². The van der Waals surface area contributed by atoms with Gasteiger partial charge in [-0.25, -0.2) is 12.8 Å². The van der Waals surface area contributed by atoms with E-state index in [1.165, 1.54) is 35.9 Å². The molecule has 156 valence electrons. The second-order valence-electron chi connectivity index (χ2n) is 7.18. The number of anilines is 1. The molecule has 0 saturated heterocycles. The molecule has 30 heavy (non-hydrogen) atoms. The van der Waals surface area contributed by atoms with Gasteiger partial charge < -0.3 is 5.32 Å². The summed E-state index contributed by atoms with van der Waals surface area (Å²) in [4.78, 5) is 12.6. The van der Waals surface area contributed by atoms with Gasteiger partial charge in [0.2, 0.25) is 0 Å². The van der Waals surface area contributed by atoms with Gasteiger partial charge in [0, 0.05) is 11.3 Å². The molecule has 0 saturated carbocycles. The van der Waals surface area contributed by atoms with E-state index in [1.54, 1.807) is 6.07 Å². The van der Waals surface area contributed by atoms with Crippen LogP contribution >= 0.6 is 0 Å². The van der Waals surface area contributed by atoms with Gasteiger partial charge in [0.1, 0.15) is 5.82 Å². The predicted octanol–water partition coefficient (Wildman–Crippen LogP) is 4.73. The first-order valence-electron chi connectivity index (χ1n) is 9.42. The zero-order valence-electron chi connectivity index (χ0n) is 16.9. The van der Waals surface area contributed by atoms with Crippen LogP contribution in [0.15, 0.2) is 71.6 Å². The van der Waals surface area contributed by atoms with Gasteiger partial charge in [0.05, 0.1) is 10.9 Å². The molecule has 0 heterocycles. The van der Waals surface area contributed by atoms with Gasteiger partial charge in [-0.15, -0.1) is 0 Å². The van der Waals surface area contributed by atoms with Crippen molar-refractivity contribution < 1.29 is 17.6 Å². The molecule has 0 radical (unpaired) electrons. The standard InChI is InChI=1S/C23H23FN2O3S/c1-15-7-8-18(13-16(15)2)17(3)25-23(27)19-5-4-6-22(14-19)30(28,29)26-21-11-9-20(24)10-12-21/h4-14,17,26H,1-3H3,(H,25,27)/t17-/m0/s1. The molecule has 1 atom stereocenters. The summed E-state index contributed by atoms with van der Waals surface area (Å²) in [7, 11) is -3.93. The zero-order valence-corrected chi connectivity index (χ0v) is 17.8. The van der Waals surface area contributed by atoms with E-state index in [0.29, 0.717) is 0 Å². The Bertz CT molecular complexity index is 1180. The van der Waals surface area contributed by atoms with Crippen LogP contribution in [0.2, 0.25) is 0 Å². The summed E-state index contributed by atoms with van der Waals surface area (Å²) in [6, 6.07) is 16.5. The summed E-state index contributed by atoms with van der Waals surface area (Å²) < 4.78 is 40.7. The Labute approximate surface area is 176 Å². The fraction of sp³-hybridized carbons (Fsp3) is 0.174. The number of rotatable bonds is 6. The smallest absolute Gasteiger partial charge is 0.261 e. The van der Waals surface area contributed by atoms with Crippen LogP contribution in [-0.4, -0.2) is 14.3 Å². The molecule has 3 aromatic carbocycles. The van der Waals surface area contributed by atoms with Crippen molar-refractivity contribution >= 4 is 21.6 Å². The summed E-state index contributed by atoms with van der Waals surface area (Å²) in [6.45, 7) is 5.91. The Morgan fingerprint density at radius 1 is 0.933 bits per heavy atom. The molecule has 0 fully saturated rings. The van der Waals surface area contributed by atoms with E-state index in [2.05, 4.69) is 10.0 Å². The highest BCUT2D eigenvalue weighted by Gasteiger charge is 2.18. The van der Waals surface area contributed by atoms with Crippen molar-refractivity contribution in [2.45, 2.75) is 31.7 Å². The summed E-state index contributed by atoms with van der Waals surface area (Å²) in [6.07, 6.45) is 0. The molecule has 0 bridgehead atoms. The number of benzene rings is 3. The van der Waals surface area contributed by atoms with E-state index in [-0.39, 0.29) is 28.1 Å². The van der Waals surface area contributed by atoms with Crippen LogP contribution in [0.1, 0.15) is 40.0 Å². The minimum Gasteiger partial charge on any atom is -0.346 e. The number of carbonyl (C=O) groups is 1. The molecular formula is C23H23FN2O3S. The minimum absolute atomic E-state index is 0.0571. The van der Waals surface area contributed by atoms with E-state index in [4.69, 9.17) is 0 Å². The third kappa shape index (κ3) is 5.04. The molecule has 3 rings (SSSR count). The van der Waals surface area contributed by atoms with Crippen molar-refractivity contribution in [2.75, 3.05) is 4.72 Å². The fourth-order valence-electron chi connectivity index (χ4n) is 2.93. The fourth-order valence-corrected chi connectivity index (χ4v) is 4.04. The molecule has 0 aliphatic carbocycles. The van der Waals surface area contributed by atoms with Gasteiger partial charge in [-0.3, -0.25) is 9.52 Å². The Kier molecular flexibility index (Phi) is 6.22. The lowest BCUT2D eigenvalue weighted by molar-refractivity contribution is 0.0939. The van der Waals surface area contributed by atoms with E-state index in [9.17, 15) is 17.6 Å². The largest absolute Gasteiger partial charge is 0.346 e. The van der Waals surface area contributed by atoms with Gasteiger partial charge in [-0.2, -0.15) is 0 Å².